The first-order valence-electron chi connectivity index (χ1n) is 10.1. The Morgan fingerprint density at radius 1 is 1.07 bits per heavy atom. The zero-order valence-corrected chi connectivity index (χ0v) is 17.9. The summed E-state index contributed by atoms with van der Waals surface area (Å²) in [6.45, 7) is 2.86. The van der Waals surface area contributed by atoms with Gasteiger partial charge in [0.2, 0.25) is 5.91 Å². The van der Waals surface area contributed by atoms with Gasteiger partial charge in [0.15, 0.2) is 6.29 Å². The summed E-state index contributed by atoms with van der Waals surface area (Å²) in [4.78, 5) is 15.0. The van der Waals surface area contributed by atoms with Crippen molar-refractivity contribution in [1.82, 2.24) is 4.90 Å². The third-order valence-electron chi connectivity index (χ3n) is 5.49. The molecule has 0 bridgehead atoms. The summed E-state index contributed by atoms with van der Waals surface area (Å²) in [6, 6.07) is 18.2. The third-order valence-corrected chi connectivity index (χ3v) is 7.03. The van der Waals surface area contributed by atoms with Gasteiger partial charge in [-0.25, -0.2) is 0 Å². The summed E-state index contributed by atoms with van der Waals surface area (Å²) in [5.74, 6) is 0.912. The standard InChI is InChI=1S/C23H26ClNO3S/c24-20-10-8-18(9-11-20)22(17-5-2-1-3-6-17)29-16-21(26)25-12-4-7-19(15-25)23-27-13-14-28-23/h1-3,5-6,8-11,19,22-23H,4,7,12-16H2. The maximum atomic E-state index is 13.0. The molecule has 0 N–H and O–H groups in total. The fourth-order valence-electron chi connectivity index (χ4n) is 4.00. The molecule has 2 atom stereocenters. The van der Waals surface area contributed by atoms with Gasteiger partial charge in [0, 0.05) is 24.0 Å². The van der Waals surface area contributed by atoms with E-state index in [1.165, 1.54) is 5.56 Å². The molecule has 0 aliphatic carbocycles. The molecular weight excluding hydrogens is 406 g/mol. The van der Waals surface area contributed by atoms with Crippen LogP contribution >= 0.6 is 23.4 Å². The molecule has 2 unspecified atom stereocenters. The Hall–Kier alpha value is -1.53. The molecule has 2 aromatic rings. The zero-order valence-electron chi connectivity index (χ0n) is 16.3. The predicted octanol–water partition coefficient (Wildman–Crippen LogP) is 4.77. The fraction of sp³-hybridized carbons (Fsp3) is 0.435. The number of ether oxygens (including phenoxy) is 2. The van der Waals surface area contributed by atoms with Crippen LogP contribution in [0.25, 0.3) is 0 Å². The number of hydrogen-bond acceptors (Lipinski definition) is 4. The highest BCUT2D eigenvalue weighted by Crippen LogP contribution is 2.36. The normalized spacial score (nSPS) is 21.3. The Kier molecular flexibility index (Phi) is 7.14. The van der Waals surface area contributed by atoms with Crippen molar-refractivity contribution >= 4 is 29.3 Å². The van der Waals surface area contributed by atoms with Crippen molar-refractivity contribution in [2.75, 3.05) is 32.1 Å². The number of benzene rings is 2. The molecule has 0 spiro atoms. The largest absolute Gasteiger partial charge is 0.350 e. The Morgan fingerprint density at radius 3 is 2.48 bits per heavy atom. The van der Waals surface area contributed by atoms with Crippen LogP contribution in [0.2, 0.25) is 5.02 Å². The van der Waals surface area contributed by atoms with Crippen molar-refractivity contribution in [3.63, 3.8) is 0 Å². The lowest BCUT2D eigenvalue weighted by atomic mass is 9.97. The van der Waals surface area contributed by atoms with Crippen molar-refractivity contribution < 1.29 is 14.3 Å². The second-order valence-corrected chi connectivity index (χ2v) is 9.04. The van der Waals surface area contributed by atoms with Crippen molar-refractivity contribution in [2.24, 2.45) is 5.92 Å². The van der Waals surface area contributed by atoms with Crippen LogP contribution in [0.5, 0.6) is 0 Å². The van der Waals surface area contributed by atoms with Gasteiger partial charge in [-0.1, -0.05) is 54.1 Å². The average molecular weight is 432 g/mol. The molecule has 4 nitrogen and oxygen atoms in total. The second kappa shape index (κ2) is 9.98. The van der Waals surface area contributed by atoms with E-state index >= 15 is 0 Å². The van der Waals surface area contributed by atoms with Gasteiger partial charge in [0.1, 0.15) is 0 Å². The van der Waals surface area contributed by atoms with Crippen LogP contribution < -0.4 is 0 Å². The van der Waals surface area contributed by atoms with Gasteiger partial charge >= 0.3 is 0 Å². The van der Waals surface area contributed by atoms with Crippen LogP contribution in [0.3, 0.4) is 0 Å². The molecule has 6 heteroatoms. The average Bonchev–Trinajstić information content (AvgIpc) is 3.31. The molecule has 154 valence electrons. The van der Waals surface area contributed by atoms with Crippen LogP contribution in [-0.2, 0) is 14.3 Å². The van der Waals surface area contributed by atoms with E-state index in [1.54, 1.807) is 11.8 Å². The summed E-state index contributed by atoms with van der Waals surface area (Å²) in [6.07, 6.45) is 1.91. The number of amides is 1. The zero-order chi connectivity index (χ0) is 20.1. The first-order chi connectivity index (χ1) is 14.2. The van der Waals surface area contributed by atoms with Crippen LogP contribution in [0.15, 0.2) is 54.6 Å². The van der Waals surface area contributed by atoms with E-state index < -0.39 is 0 Å². The number of rotatable bonds is 6. The Bertz CT molecular complexity index is 796. The highest BCUT2D eigenvalue weighted by molar-refractivity contribution is 8.00. The van der Waals surface area contributed by atoms with E-state index in [-0.39, 0.29) is 23.4 Å². The summed E-state index contributed by atoms with van der Waals surface area (Å²) >= 11 is 7.74. The first kappa shape index (κ1) is 20.7. The molecule has 0 radical (unpaired) electrons. The SMILES string of the molecule is O=C(CSC(c1ccccc1)c1ccc(Cl)cc1)N1CCCC(C2OCCO2)C1. The van der Waals surface area contributed by atoms with Gasteiger partial charge in [-0.05, 0) is 36.1 Å². The summed E-state index contributed by atoms with van der Waals surface area (Å²) < 4.78 is 11.3. The van der Waals surface area contributed by atoms with Crippen molar-refractivity contribution in [1.29, 1.82) is 0 Å². The molecule has 2 aromatic carbocycles. The first-order valence-corrected chi connectivity index (χ1v) is 11.6. The van der Waals surface area contributed by atoms with E-state index in [9.17, 15) is 4.79 Å². The lowest BCUT2D eigenvalue weighted by Gasteiger charge is -2.35. The number of carbonyl (C=O) groups excluding carboxylic acids is 1. The minimum absolute atomic E-state index is 0.0968. The molecule has 2 heterocycles. The number of hydrogen-bond donors (Lipinski definition) is 0. The highest BCUT2D eigenvalue weighted by atomic mass is 35.5. The Labute approximate surface area is 181 Å². The Morgan fingerprint density at radius 2 is 1.76 bits per heavy atom. The number of likely N-dealkylation sites (tertiary alicyclic amines) is 1. The fourth-order valence-corrected chi connectivity index (χ4v) is 5.32. The third kappa shape index (κ3) is 5.34. The van der Waals surface area contributed by atoms with Crippen LogP contribution in [0.1, 0.15) is 29.2 Å². The van der Waals surface area contributed by atoms with Gasteiger partial charge in [-0.15, -0.1) is 11.8 Å². The molecule has 1 amide bonds. The predicted molar refractivity (Wildman–Crippen MR) is 117 cm³/mol. The van der Waals surface area contributed by atoms with E-state index in [1.807, 2.05) is 47.4 Å². The van der Waals surface area contributed by atoms with Gasteiger partial charge in [-0.2, -0.15) is 0 Å². The van der Waals surface area contributed by atoms with Crippen molar-refractivity contribution in [3.8, 4) is 0 Å². The minimum Gasteiger partial charge on any atom is -0.350 e. The molecule has 2 saturated heterocycles. The van der Waals surface area contributed by atoms with Gasteiger partial charge in [0.05, 0.1) is 24.2 Å². The van der Waals surface area contributed by atoms with E-state index in [0.29, 0.717) is 19.0 Å². The van der Waals surface area contributed by atoms with Crippen LogP contribution in [0.4, 0.5) is 0 Å². The maximum absolute atomic E-state index is 13.0. The Balaban J connectivity index is 1.41. The second-order valence-electron chi connectivity index (χ2n) is 7.51. The topological polar surface area (TPSA) is 38.8 Å². The van der Waals surface area contributed by atoms with Crippen LogP contribution in [-0.4, -0.2) is 49.2 Å². The molecule has 2 aliphatic rings. The number of piperidine rings is 1. The molecule has 4 rings (SSSR count). The summed E-state index contributed by atoms with van der Waals surface area (Å²) in [5.41, 5.74) is 2.35. The van der Waals surface area contributed by atoms with Crippen molar-refractivity contribution in [3.05, 3.63) is 70.7 Å². The quantitative estimate of drug-likeness (QED) is 0.660. The van der Waals surface area contributed by atoms with Crippen molar-refractivity contribution in [2.45, 2.75) is 24.4 Å². The maximum Gasteiger partial charge on any atom is 0.232 e. The lowest BCUT2D eigenvalue weighted by Crippen LogP contribution is -2.44. The summed E-state index contributed by atoms with van der Waals surface area (Å²) in [5, 5.41) is 0.817. The monoisotopic (exact) mass is 431 g/mol. The van der Waals surface area contributed by atoms with Gasteiger partial charge < -0.3 is 14.4 Å². The molecule has 2 aliphatic heterocycles. The van der Waals surface area contributed by atoms with Gasteiger partial charge in [-0.3, -0.25) is 4.79 Å². The molecule has 0 saturated carbocycles. The summed E-state index contributed by atoms with van der Waals surface area (Å²) in [7, 11) is 0. The van der Waals surface area contributed by atoms with E-state index in [0.717, 1.165) is 36.5 Å². The van der Waals surface area contributed by atoms with E-state index in [4.69, 9.17) is 21.1 Å². The molecule has 0 aromatic heterocycles. The van der Waals surface area contributed by atoms with Gasteiger partial charge in [0.25, 0.3) is 0 Å². The van der Waals surface area contributed by atoms with Crippen LogP contribution in [0, 0.1) is 5.92 Å². The van der Waals surface area contributed by atoms with E-state index in [2.05, 4.69) is 12.1 Å². The number of nitrogens with zero attached hydrogens (tertiary/aromatic N) is 1. The lowest BCUT2D eigenvalue weighted by molar-refractivity contribution is -0.136. The minimum atomic E-state index is -0.149. The molecule has 29 heavy (non-hydrogen) atoms. The molecular formula is C23H26ClNO3S. The number of halogens is 1. The highest BCUT2D eigenvalue weighted by Gasteiger charge is 2.33. The number of thioether (sulfide) groups is 1. The number of carbonyl (C=O) groups is 1. The smallest absolute Gasteiger partial charge is 0.232 e. The molecule has 2 fully saturated rings.